The Kier molecular flexibility index (Phi) is 1.34. The van der Waals surface area contributed by atoms with E-state index in [4.69, 9.17) is 5.11 Å². The topological polar surface area (TPSA) is 37.3 Å². The number of benzene rings is 1. The molecule has 1 aromatic carbocycles. The zero-order valence-electron chi connectivity index (χ0n) is 7.40. The summed E-state index contributed by atoms with van der Waals surface area (Å²) in [6.45, 7) is 0. The van der Waals surface area contributed by atoms with Crippen LogP contribution in [0.4, 0.5) is 4.39 Å². The third-order valence-electron chi connectivity index (χ3n) is 3.37. The maximum Gasteiger partial charge on any atom is 0.307 e. The highest BCUT2D eigenvalue weighted by Gasteiger charge is 2.59. The quantitative estimate of drug-likeness (QED) is 0.736. The van der Waals surface area contributed by atoms with Crippen LogP contribution in [-0.4, -0.2) is 11.1 Å². The predicted molar refractivity (Wildman–Crippen MR) is 47.5 cm³/mol. The summed E-state index contributed by atoms with van der Waals surface area (Å²) >= 11 is 0. The average molecular weight is 192 g/mol. The molecule has 0 aliphatic heterocycles. The van der Waals surface area contributed by atoms with Gasteiger partial charge in [-0.15, -0.1) is 0 Å². The summed E-state index contributed by atoms with van der Waals surface area (Å²) in [7, 11) is 0. The Labute approximate surface area is 80.4 Å². The summed E-state index contributed by atoms with van der Waals surface area (Å²) in [6.07, 6.45) is 0.731. The molecule has 0 saturated heterocycles. The summed E-state index contributed by atoms with van der Waals surface area (Å²) in [5.41, 5.74) is 2.04. The lowest BCUT2D eigenvalue weighted by molar-refractivity contribution is -0.139. The molecule has 2 nitrogen and oxygen atoms in total. The van der Waals surface area contributed by atoms with E-state index in [9.17, 15) is 9.18 Å². The standard InChI is InChI=1S/C11H9FO2/c12-6-1-2-7-5(3-6)4-8-9(7)10(8)11(13)14/h1-3,8-10H,4H2,(H,13,14)/t8-,9-,10-/m1/s1. The fourth-order valence-corrected chi connectivity index (χ4v) is 2.72. The molecule has 14 heavy (non-hydrogen) atoms. The van der Waals surface area contributed by atoms with Gasteiger partial charge in [-0.3, -0.25) is 4.79 Å². The van der Waals surface area contributed by atoms with Crippen LogP contribution in [0.5, 0.6) is 0 Å². The highest BCUT2D eigenvalue weighted by molar-refractivity contribution is 5.77. The molecule has 1 saturated carbocycles. The molecule has 0 heterocycles. The van der Waals surface area contributed by atoms with Gasteiger partial charge in [0, 0.05) is 5.92 Å². The smallest absolute Gasteiger partial charge is 0.307 e. The Morgan fingerprint density at radius 1 is 1.50 bits per heavy atom. The van der Waals surface area contributed by atoms with Crippen LogP contribution in [0.1, 0.15) is 17.0 Å². The van der Waals surface area contributed by atoms with Gasteiger partial charge in [0.05, 0.1) is 5.92 Å². The fourth-order valence-electron chi connectivity index (χ4n) is 2.72. The van der Waals surface area contributed by atoms with Crippen molar-refractivity contribution in [2.75, 3.05) is 0 Å². The van der Waals surface area contributed by atoms with Crippen molar-refractivity contribution >= 4 is 5.97 Å². The Morgan fingerprint density at radius 3 is 3.00 bits per heavy atom. The van der Waals surface area contributed by atoms with Gasteiger partial charge in [-0.2, -0.15) is 0 Å². The third-order valence-corrected chi connectivity index (χ3v) is 3.37. The van der Waals surface area contributed by atoms with Gasteiger partial charge < -0.3 is 5.11 Å². The number of aliphatic carboxylic acids is 1. The number of fused-ring (bicyclic) bond motifs is 3. The number of carboxylic acids is 1. The Morgan fingerprint density at radius 2 is 2.29 bits per heavy atom. The van der Waals surface area contributed by atoms with Gasteiger partial charge in [-0.25, -0.2) is 4.39 Å². The molecule has 3 heteroatoms. The van der Waals surface area contributed by atoms with E-state index in [1.54, 1.807) is 6.07 Å². The largest absolute Gasteiger partial charge is 0.481 e. The maximum atomic E-state index is 12.8. The second-order valence-electron chi connectivity index (χ2n) is 4.10. The monoisotopic (exact) mass is 192 g/mol. The first-order chi connectivity index (χ1) is 6.68. The van der Waals surface area contributed by atoms with Gasteiger partial charge in [0.1, 0.15) is 5.82 Å². The highest BCUT2D eigenvalue weighted by atomic mass is 19.1. The number of hydrogen-bond acceptors (Lipinski definition) is 1. The zero-order chi connectivity index (χ0) is 9.87. The van der Waals surface area contributed by atoms with Crippen molar-refractivity contribution in [1.29, 1.82) is 0 Å². The van der Waals surface area contributed by atoms with E-state index in [-0.39, 0.29) is 23.6 Å². The molecular formula is C11H9FO2. The van der Waals surface area contributed by atoms with Crippen LogP contribution in [0.2, 0.25) is 0 Å². The van der Waals surface area contributed by atoms with E-state index in [2.05, 4.69) is 0 Å². The van der Waals surface area contributed by atoms with E-state index in [1.165, 1.54) is 12.1 Å². The van der Waals surface area contributed by atoms with Gasteiger partial charge in [-0.1, -0.05) is 6.07 Å². The van der Waals surface area contributed by atoms with Crippen molar-refractivity contribution in [1.82, 2.24) is 0 Å². The molecule has 0 amide bonds. The number of carboxylic acid groups (broad SMARTS) is 1. The van der Waals surface area contributed by atoms with Crippen molar-refractivity contribution < 1.29 is 14.3 Å². The number of carbonyl (C=O) groups is 1. The predicted octanol–water partition coefficient (Wildman–Crippen LogP) is 1.80. The van der Waals surface area contributed by atoms with E-state index in [1.807, 2.05) is 0 Å². The SMILES string of the molecule is O=C(O)[C@@H]1[C@@H]2Cc3cc(F)ccc3[C@H]21. The van der Waals surface area contributed by atoms with Crippen LogP contribution in [0.15, 0.2) is 18.2 Å². The first-order valence-electron chi connectivity index (χ1n) is 4.69. The minimum atomic E-state index is -0.713. The van der Waals surface area contributed by atoms with E-state index in [0.29, 0.717) is 0 Å². The molecule has 0 unspecified atom stereocenters. The van der Waals surface area contributed by atoms with Crippen LogP contribution >= 0.6 is 0 Å². The summed E-state index contributed by atoms with van der Waals surface area (Å²) in [4.78, 5) is 10.8. The van der Waals surface area contributed by atoms with Crippen molar-refractivity contribution in [3.05, 3.63) is 35.1 Å². The van der Waals surface area contributed by atoms with Crippen molar-refractivity contribution in [2.45, 2.75) is 12.3 Å². The molecule has 0 aromatic heterocycles. The summed E-state index contributed by atoms with van der Waals surface area (Å²) in [6, 6.07) is 4.68. The molecule has 0 spiro atoms. The van der Waals surface area contributed by atoms with E-state index < -0.39 is 5.97 Å². The maximum absolute atomic E-state index is 12.8. The fraction of sp³-hybridized carbons (Fsp3) is 0.364. The average Bonchev–Trinajstić information content (AvgIpc) is 2.70. The minimum Gasteiger partial charge on any atom is -0.481 e. The molecule has 72 valence electrons. The second-order valence-corrected chi connectivity index (χ2v) is 4.10. The van der Waals surface area contributed by atoms with Crippen LogP contribution in [0.3, 0.4) is 0 Å². The van der Waals surface area contributed by atoms with Gasteiger partial charge in [0.15, 0.2) is 0 Å². The summed E-state index contributed by atoms with van der Waals surface area (Å²) in [5, 5.41) is 8.87. The third kappa shape index (κ3) is 0.870. The molecule has 1 N–H and O–H groups in total. The minimum absolute atomic E-state index is 0.156. The lowest BCUT2D eigenvalue weighted by atomic mass is 10.0. The van der Waals surface area contributed by atoms with Crippen LogP contribution < -0.4 is 0 Å². The molecular weight excluding hydrogens is 183 g/mol. The van der Waals surface area contributed by atoms with Gasteiger partial charge >= 0.3 is 5.97 Å². The van der Waals surface area contributed by atoms with Crippen molar-refractivity contribution in [3.63, 3.8) is 0 Å². The molecule has 2 aliphatic rings. The Bertz CT molecular complexity index is 427. The zero-order valence-corrected chi connectivity index (χ0v) is 7.40. The number of hydrogen-bond donors (Lipinski definition) is 1. The number of halogens is 1. The summed E-state index contributed by atoms with van der Waals surface area (Å²) in [5.74, 6) is -0.771. The van der Waals surface area contributed by atoms with Gasteiger partial charge in [0.25, 0.3) is 0 Å². The molecule has 3 atom stereocenters. The van der Waals surface area contributed by atoms with Crippen LogP contribution in [0.25, 0.3) is 0 Å². The molecule has 0 bridgehead atoms. The number of rotatable bonds is 1. The van der Waals surface area contributed by atoms with Gasteiger partial charge in [-0.05, 0) is 35.6 Å². The molecule has 1 fully saturated rings. The van der Waals surface area contributed by atoms with E-state index >= 15 is 0 Å². The lowest BCUT2D eigenvalue weighted by Crippen LogP contribution is -2.05. The molecule has 2 aliphatic carbocycles. The van der Waals surface area contributed by atoms with Crippen molar-refractivity contribution in [3.8, 4) is 0 Å². The first kappa shape index (κ1) is 7.97. The van der Waals surface area contributed by atoms with Crippen LogP contribution in [0, 0.1) is 17.7 Å². The van der Waals surface area contributed by atoms with Crippen molar-refractivity contribution in [2.24, 2.45) is 11.8 Å². The highest BCUT2D eigenvalue weighted by Crippen LogP contribution is 2.61. The normalized spacial score (nSPS) is 32.2. The van der Waals surface area contributed by atoms with Crippen LogP contribution in [-0.2, 0) is 11.2 Å². The second kappa shape index (κ2) is 2.35. The van der Waals surface area contributed by atoms with E-state index in [0.717, 1.165) is 17.5 Å². The first-order valence-corrected chi connectivity index (χ1v) is 4.69. The summed E-state index contributed by atoms with van der Waals surface area (Å²) < 4.78 is 12.8. The van der Waals surface area contributed by atoms with Gasteiger partial charge in [0.2, 0.25) is 0 Å². The molecule has 1 aromatic rings. The molecule has 3 rings (SSSR count). The molecule has 0 radical (unpaired) electrons. The Hall–Kier alpha value is -1.38. The lowest BCUT2D eigenvalue weighted by Gasteiger charge is -2.04. The Balaban J connectivity index is 1.99.